The lowest BCUT2D eigenvalue weighted by Gasteiger charge is -2.12. The maximum Gasteiger partial charge on any atom is 0.416 e. The van der Waals surface area contributed by atoms with Crippen LogP contribution in [0.15, 0.2) is 41.5 Å². The minimum absolute atomic E-state index is 0.0182. The van der Waals surface area contributed by atoms with Crippen molar-refractivity contribution < 1.29 is 22.3 Å². The number of nitrogens with two attached hydrogens (primary N) is 2. The first kappa shape index (κ1) is 18.8. The Morgan fingerprint density at radius 2 is 1.92 bits per heavy atom. The molecule has 0 spiro atoms. The second-order valence-corrected chi connectivity index (χ2v) is 5.28. The molecule has 0 saturated carbocycles. The van der Waals surface area contributed by atoms with Gasteiger partial charge in [-0.3, -0.25) is 0 Å². The van der Waals surface area contributed by atoms with Crippen LogP contribution in [0.2, 0.25) is 5.02 Å². The molecule has 0 bridgehead atoms. The molecule has 2 rings (SSSR count). The highest BCUT2D eigenvalue weighted by Crippen LogP contribution is 2.34. The van der Waals surface area contributed by atoms with E-state index in [1.807, 2.05) is 0 Å². The second kappa shape index (κ2) is 7.58. The normalized spacial score (nSPS) is 12.2. The van der Waals surface area contributed by atoms with Gasteiger partial charge >= 0.3 is 6.18 Å². The number of ether oxygens (including phenoxy) is 1. The smallest absolute Gasteiger partial charge is 0.416 e. The lowest BCUT2D eigenvalue weighted by molar-refractivity contribution is -0.137. The van der Waals surface area contributed by atoms with Gasteiger partial charge in [0.15, 0.2) is 5.84 Å². The Balaban J connectivity index is 2.18. The van der Waals surface area contributed by atoms with Crippen molar-refractivity contribution in [2.24, 2.45) is 16.8 Å². The van der Waals surface area contributed by atoms with Crippen LogP contribution in [0.1, 0.15) is 16.7 Å². The summed E-state index contributed by atoms with van der Waals surface area (Å²) in [6, 6.07) is 6.72. The van der Waals surface area contributed by atoms with E-state index >= 15 is 0 Å². The lowest BCUT2D eigenvalue weighted by Crippen LogP contribution is -2.32. The number of rotatable bonds is 4. The topological polar surface area (TPSA) is 85.7 Å². The molecule has 0 atom stereocenters. The Bertz CT molecular complexity index is 796. The molecule has 0 saturated heterocycles. The molecule has 0 aromatic heterocycles. The van der Waals surface area contributed by atoms with Gasteiger partial charge in [0, 0.05) is 0 Å². The molecule has 0 aliphatic carbocycles. The molecule has 134 valence electrons. The number of hydrazone groups is 1. The van der Waals surface area contributed by atoms with Crippen LogP contribution in [0.4, 0.5) is 17.6 Å². The fourth-order valence-electron chi connectivity index (χ4n) is 1.98. The number of hydrogen-bond acceptors (Lipinski definition) is 4. The molecular weight excluding hydrogens is 364 g/mol. The van der Waals surface area contributed by atoms with E-state index in [0.717, 1.165) is 24.3 Å². The van der Waals surface area contributed by atoms with Crippen molar-refractivity contribution in [3.8, 4) is 5.75 Å². The third-order valence-electron chi connectivity index (χ3n) is 3.21. The van der Waals surface area contributed by atoms with Crippen LogP contribution >= 0.6 is 11.6 Å². The van der Waals surface area contributed by atoms with Crippen molar-refractivity contribution in [1.29, 1.82) is 0 Å². The summed E-state index contributed by atoms with van der Waals surface area (Å²) in [5.41, 5.74) is 1.79. The number of amidine groups is 1. The van der Waals surface area contributed by atoms with Gasteiger partial charge in [-0.05, 0) is 35.9 Å². The van der Waals surface area contributed by atoms with Crippen molar-refractivity contribution in [1.82, 2.24) is 5.43 Å². The minimum atomic E-state index is -4.50. The number of alkyl halides is 3. The van der Waals surface area contributed by atoms with Crippen molar-refractivity contribution in [3.63, 3.8) is 0 Å². The molecule has 5 N–H and O–H groups in total. The summed E-state index contributed by atoms with van der Waals surface area (Å²) in [6.45, 7) is -0.0687. The first-order valence-corrected chi connectivity index (χ1v) is 7.17. The molecule has 0 aliphatic rings. The molecule has 0 amide bonds. The van der Waals surface area contributed by atoms with Crippen LogP contribution in [0.25, 0.3) is 0 Å². The number of nitrogens with one attached hydrogen (secondary N) is 1. The van der Waals surface area contributed by atoms with E-state index in [0.29, 0.717) is 5.56 Å². The molecule has 2 aromatic carbocycles. The molecular formula is C15H13ClF4N4O. The highest BCUT2D eigenvalue weighted by atomic mass is 35.5. The quantitative estimate of drug-likeness (QED) is 0.251. The Morgan fingerprint density at radius 3 is 2.48 bits per heavy atom. The van der Waals surface area contributed by atoms with Crippen LogP contribution in [0.5, 0.6) is 5.75 Å². The highest BCUT2D eigenvalue weighted by Gasteiger charge is 2.31. The maximum absolute atomic E-state index is 13.8. The van der Waals surface area contributed by atoms with Gasteiger partial charge in [-0.25, -0.2) is 10.2 Å². The van der Waals surface area contributed by atoms with Crippen LogP contribution < -0.4 is 21.8 Å². The monoisotopic (exact) mass is 376 g/mol. The van der Waals surface area contributed by atoms with Gasteiger partial charge in [0.05, 0.1) is 16.1 Å². The van der Waals surface area contributed by atoms with E-state index in [-0.39, 0.29) is 28.8 Å². The van der Waals surface area contributed by atoms with Crippen LogP contribution in [0.3, 0.4) is 0 Å². The third kappa shape index (κ3) is 4.52. The Morgan fingerprint density at radius 1 is 1.20 bits per heavy atom. The number of nitrogens with zero attached hydrogens (tertiary/aromatic N) is 1. The van der Waals surface area contributed by atoms with E-state index in [4.69, 9.17) is 28.0 Å². The first-order chi connectivity index (χ1) is 11.8. The van der Waals surface area contributed by atoms with E-state index in [2.05, 4.69) is 10.5 Å². The fraction of sp³-hybridized carbons (Fsp3) is 0.133. The third-order valence-corrected chi connectivity index (χ3v) is 3.50. The Hall–Kier alpha value is -2.52. The predicted molar refractivity (Wildman–Crippen MR) is 85.2 cm³/mol. The minimum Gasteiger partial charge on any atom is -0.487 e. The predicted octanol–water partition coefficient (Wildman–Crippen LogP) is 3.16. The van der Waals surface area contributed by atoms with Gasteiger partial charge in [-0.2, -0.15) is 18.3 Å². The van der Waals surface area contributed by atoms with Gasteiger partial charge in [0.1, 0.15) is 18.2 Å². The number of hydrazine groups is 1. The molecule has 0 unspecified atom stereocenters. The van der Waals surface area contributed by atoms with Crippen molar-refractivity contribution in [2.45, 2.75) is 12.8 Å². The Labute approximate surface area is 145 Å². The zero-order chi connectivity index (χ0) is 18.6. The highest BCUT2D eigenvalue weighted by molar-refractivity contribution is 6.32. The molecule has 0 heterocycles. The molecule has 5 nitrogen and oxygen atoms in total. The molecule has 2 aromatic rings. The number of hydrogen-bond donors (Lipinski definition) is 3. The fourth-order valence-corrected chi connectivity index (χ4v) is 2.22. The SMILES string of the molecule is N/N=C(\NN)c1cc(COc2ccc(C(F)(F)F)cc2Cl)ccc1F. The van der Waals surface area contributed by atoms with Crippen molar-refractivity contribution >= 4 is 17.4 Å². The molecule has 0 fully saturated rings. The molecule has 0 radical (unpaired) electrons. The average Bonchev–Trinajstić information content (AvgIpc) is 2.56. The molecule has 25 heavy (non-hydrogen) atoms. The second-order valence-electron chi connectivity index (χ2n) is 4.87. The number of halogens is 5. The zero-order valence-corrected chi connectivity index (χ0v) is 13.3. The summed E-state index contributed by atoms with van der Waals surface area (Å²) in [4.78, 5) is 0. The van der Waals surface area contributed by atoms with Gasteiger partial charge in [0.2, 0.25) is 0 Å². The zero-order valence-electron chi connectivity index (χ0n) is 12.6. The van der Waals surface area contributed by atoms with Gasteiger partial charge < -0.3 is 16.0 Å². The number of benzene rings is 2. The van der Waals surface area contributed by atoms with Crippen LogP contribution in [0, 0.1) is 5.82 Å². The standard InChI is InChI=1S/C15H13ClF4N4O/c16-11-6-9(15(18,19)20)2-4-13(11)25-7-8-1-3-12(17)10(5-8)14(23-21)24-22/h1-6H,7,21-22H2,(H,23,24). The first-order valence-electron chi connectivity index (χ1n) is 6.79. The maximum atomic E-state index is 13.8. The Kier molecular flexibility index (Phi) is 5.70. The molecule has 10 heteroatoms. The van der Waals surface area contributed by atoms with E-state index < -0.39 is 17.6 Å². The summed E-state index contributed by atoms with van der Waals surface area (Å²) in [5.74, 6) is 9.68. The summed E-state index contributed by atoms with van der Waals surface area (Å²) in [7, 11) is 0. The summed E-state index contributed by atoms with van der Waals surface area (Å²) in [6.07, 6.45) is -4.50. The van der Waals surface area contributed by atoms with Gasteiger partial charge in [0.25, 0.3) is 0 Å². The summed E-state index contributed by atoms with van der Waals surface area (Å²) < 4.78 is 57.0. The van der Waals surface area contributed by atoms with E-state index in [1.165, 1.54) is 12.1 Å². The average molecular weight is 377 g/mol. The van der Waals surface area contributed by atoms with E-state index in [1.54, 1.807) is 0 Å². The van der Waals surface area contributed by atoms with E-state index in [9.17, 15) is 17.6 Å². The lowest BCUT2D eigenvalue weighted by atomic mass is 10.1. The van der Waals surface area contributed by atoms with Crippen LogP contribution in [-0.4, -0.2) is 5.84 Å². The molecule has 0 aliphatic heterocycles. The van der Waals surface area contributed by atoms with Gasteiger partial charge in [-0.1, -0.05) is 17.7 Å². The summed E-state index contributed by atoms with van der Waals surface area (Å²) >= 11 is 5.81. The van der Waals surface area contributed by atoms with Gasteiger partial charge in [-0.15, -0.1) is 0 Å². The van der Waals surface area contributed by atoms with Crippen molar-refractivity contribution in [2.75, 3.05) is 0 Å². The largest absolute Gasteiger partial charge is 0.487 e. The summed E-state index contributed by atoms with van der Waals surface area (Å²) in [5, 5.41) is 3.13. The van der Waals surface area contributed by atoms with Crippen LogP contribution in [-0.2, 0) is 12.8 Å². The van der Waals surface area contributed by atoms with Crippen molar-refractivity contribution in [3.05, 3.63) is 63.9 Å².